The van der Waals surface area contributed by atoms with Crippen molar-refractivity contribution in [1.82, 2.24) is 10.4 Å². The first-order chi connectivity index (χ1) is 6.72. The highest BCUT2D eigenvalue weighted by molar-refractivity contribution is 6.06. The maximum atomic E-state index is 11.3. The summed E-state index contributed by atoms with van der Waals surface area (Å²) in [7, 11) is 0. The van der Waals surface area contributed by atoms with E-state index in [1.54, 1.807) is 24.4 Å². The number of carbonyl (C=O) groups excluding carboxylic acids is 1. The monoisotopic (exact) mass is 190 g/mol. The van der Waals surface area contributed by atoms with Crippen molar-refractivity contribution in [3.63, 3.8) is 0 Å². The molecule has 0 bridgehead atoms. The normalized spacial score (nSPS) is 10.4. The van der Waals surface area contributed by atoms with Crippen molar-refractivity contribution in [2.75, 3.05) is 5.73 Å². The highest BCUT2D eigenvalue weighted by Gasteiger charge is 2.09. The second-order valence-corrected chi connectivity index (χ2v) is 2.98. The van der Waals surface area contributed by atoms with Crippen molar-refractivity contribution in [3.05, 3.63) is 30.0 Å². The standard InChI is InChI=1S/C9H10N4O/c10-5-1-2-6-7(9(14)13-11)4-12-8(6)3-5/h1-4,12H,10-11H2,(H,13,14). The van der Waals surface area contributed by atoms with Gasteiger partial charge in [-0.05, 0) is 18.2 Å². The van der Waals surface area contributed by atoms with Crippen LogP contribution in [-0.2, 0) is 0 Å². The van der Waals surface area contributed by atoms with Crippen molar-refractivity contribution in [2.45, 2.75) is 0 Å². The second-order valence-electron chi connectivity index (χ2n) is 2.98. The molecule has 0 radical (unpaired) electrons. The van der Waals surface area contributed by atoms with E-state index in [1.807, 2.05) is 0 Å². The van der Waals surface area contributed by atoms with E-state index in [2.05, 4.69) is 10.4 Å². The highest BCUT2D eigenvalue weighted by atomic mass is 16.2. The predicted octanol–water partition coefficient (Wildman–Crippen LogP) is 0.354. The molecule has 0 spiro atoms. The van der Waals surface area contributed by atoms with Crippen LogP contribution in [0.4, 0.5) is 5.69 Å². The van der Waals surface area contributed by atoms with Crippen molar-refractivity contribution >= 4 is 22.5 Å². The first-order valence-electron chi connectivity index (χ1n) is 4.10. The summed E-state index contributed by atoms with van der Waals surface area (Å²) in [4.78, 5) is 14.2. The van der Waals surface area contributed by atoms with Crippen LogP contribution in [0.5, 0.6) is 0 Å². The van der Waals surface area contributed by atoms with Gasteiger partial charge < -0.3 is 10.7 Å². The first-order valence-corrected chi connectivity index (χ1v) is 4.10. The molecule has 0 aliphatic carbocycles. The molecule has 0 atom stereocenters. The number of carbonyl (C=O) groups is 1. The van der Waals surface area contributed by atoms with E-state index >= 15 is 0 Å². The lowest BCUT2D eigenvalue weighted by molar-refractivity contribution is 0.0955. The zero-order valence-electron chi connectivity index (χ0n) is 7.37. The van der Waals surface area contributed by atoms with E-state index in [0.717, 1.165) is 10.9 Å². The largest absolute Gasteiger partial charge is 0.399 e. The zero-order chi connectivity index (χ0) is 10.1. The Kier molecular flexibility index (Phi) is 1.86. The Bertz CT molecular complexity index is 489. The lowest BCUT2D eigenvalue weighted by atomic mass is 10.1. The van der Waals surface area contributed by atoms with E-state index in [9.17, 15) is 4.79 Å². The zero-order valence-corrected chi connectivity index (χ0v) is 7.37. The summed E-state index contributed by atoms with van der Waals surface area (Å²) >= 11 is 0. The van der Waals surface area contributed by atoms with Gasteiger partial charge in [0.2, 0.25) is 0 Å². The number of nitrogens with two attached hydrogens (primary N) is 2. The molecule has 6 N–H and O–H groups in total. The fourth-order valence-electron chi connectivity index (χ4n) is 1.41. The Labute approximate surface area is 80.0 Å². The molecule has 0 unspecified atom stereocenters. The number of aromatic amines is 1. The van der Waals surface area contributed by atoms with Crippen LogP contribution in [-0.4, -0.2) is 10.9 Å². The molecule has 1 heterocycles. The second kappa shape index (κ2) is 3.04. The molecule has 1 amide bonds. The van der Waals surface area contributed by atoms with Crippen molar-refractivity contribution < 1.29 is 4.79 Å². The molecule has 72 valence electrons. The molecule has 1 aromatic carbocycles. The van der Waals surface area contributed by atoms with E-state index in [-0.39, 0.29) is 5.91 Å². The van der Waals surface area contributed by atoms with Gasteiger partial charge in [0.05, 0.1) is 5.56 Å². The summed E-state index contributed by atoms with van der Waals surface area (Å²) in [5, 5.41) is 0.808. The fourth-order valence-corrected chi connectivity index (χ4v) is 1.41. The summed E-state index contributed by atoms with van der Waals surface area (Å²) < 4.78 is 0. The van der Waals surface area contributed by atoms with Crippen LogP contribution in [0.25, 0.3) is 10.9 Å². The Morgan fingerprint density at radius 3 is 2.93 bits per heavy atom. The molecule has 2 aromatic rings. The van der Waals surface area contributed by atoms with Gasteiger partial charge in [-0.25, -0.2) is 5.84 Å². The molecular formula is C9H10N4O. The van der Waals surface area contributed by atoms with Crippen LogP contribution in [0.3, 0.4) is 0 Å². The Hall–Kier alpha value is -2.01. The summed E-state index contributed by atoms with van der Waals surface area (Å²) in [5.74, 6) is 4.73. The molecule has 2 rings (SSSR count). The minimum atomic E-state index is -0.318. The SMILES string of the molecule is NNC(=O)c1c[nH]c2cc(N)ccc12. The number of anilines is 1. The van der Waals surface area contributed by atoms with Crippen LogP contribution < -0.4 is 17.0 Å². The number of hydrogen-bond acceptors (Lipinski definition) is 3. The van der Waals surface area contributed by atoms with Gasteiger partial charge in [-0.2, -0.15) is 0 Å². The number of hydrazine groups is 1. The Morgan fingerprint density at radius 2 is 2.21 bits per heavy atom. The van der Waals surface area contributed by atoms with Gasteiger partial charge in [-0.1, -0.05) is 0 Å². The number of aromatic nitrogens is 1. The fraction of sp³-hybridized carbons (Fsp3) is 0. The average Bonchev–Trinajstić information content (AvgIpc) is 2.59. The molecule has 0 saturated carbocycles. The van der Waals surface area contributed by atoms with Crippen LogP contribution >= 0.6 is 0 Å². The quantitative estimate of drug-likeness (QED) is 0.226. The maximum Gasteiger partial charge on any atom is 0.267 e. The minimum absolute atomic E-state index is 0.318. The van der Waals surface area contributed by atoms with Gasteiger partial charge in [-0.15, -0.1) is 0 Å². The lowest BCUT2D eigenvalue weighted by Gasteiger charge is -1.97. The molecule has 14 heavy (non-hydrogen) atoms. The van der Waals surface area contributed by atoms with Crippen molar-refractivity contribution in [2.24, 2.45) is 5.84 Å². The summed E-state index contributed by atoms with van der Waals surface area (Å²) in [6.07, 6.45) is 1.60. The van der Waals surface area contributed by atoms with Gasteiger partial charge in [-0.3, -0.25) is 10.2 Å². The number of H-pyrrole nitrogens is 1. The molecule has 0 fully saturated rings. The highest BCUT2D eigenvalue weighted by Crippen LogP contribution is 2.20. The molecule has 5 nitrogen and oxygen atoms in total. The molecule has 0 aliphatic heterocycles. The molecule has 5 heteroatoms. The van der Waals surface area contributed by atoms with Gasteiger partial charge in [0.25, 0.3) is 5.91 Å². The van der Waals surface area contributed by atoms with Gasteiger partial charge >= 0.3 is 0 Å². The van der Waals surface area contributed by atoms with E-state index in [1.165, 1.54) is 0 Å². The first kappa shape index (κ1) is 8.58. The Balaban J connectivity index is 2.64. The average molecular weight is 190 g/mol. The third kappa shape index (κ3) is 1.20. The third-order valence-corrected chi connectivity index (χ3v) is 2.08. The Morgan fingerprint density at radius 1 is 1.43 bits per heavy atom. The van der Waals surface area contributed by atoms with Gasteiger partial charge in [0.1, 0.15) is 0 Å². The third-order valence-electron chi connectivity index (χ3n) is 2.08. The number of fused-ring (bicyclic) bond motifs is 1. The topological polar surface area (TPSA) is 96.9 Å². The van der Waals surface area contributed by atoms with Crippen molar-refractivity contribution in [3.8, 4) is 0 Å². The van der Waals surface area contributed by atoms with Crippen LogP contribution in [0.15, 0.2) is 24.4 Å². The maximum absolute atomic E-state index is 11.3. The lowest BCUT2D eigenvalue weighted by Crippen LogP contribution is -2.29. The number of rotatable bonds is 1. The van der Waals surface area contributed by atoms with E-state index in [0.29, 0.717) is 11.3 Å². The van der Waals surface area contributed by atoms with Gasteiger partial charge in [0.15, 0.2) is 0 Å². The van der Waals surface area contributed by atoms with Crippen molar-refractivity contribution in [1.29, 1.82) is 0 Å². The number of amides is 1. The predicted molar refractivity (Wildman–Crippen MR) is 54.4 cm³/mol. The summed E-state index contributed by atoms with van der Waals surface area (Å²) in [5.41, 5.74) is 9.67. The van der Waals surface area contributed by atoms with E-state index < -0.39 is 0 Å². The van der Waals surface area contributed by atoms with E-state index in [4.69, 9.17) is 11.6 Å². The molecule has 0 saturated heterocycles. The minimum Gasteiger partial charge on any atom is -0.399 e. The summed E-state index contributed by atoms with van der Waals surface area (Å²) in [6, 6.07) is 5.29. The van der Waals surface area contributed by atoms with Crippen LogP contribution in [0, 0.1) is 0 Å². The molecule has 1 aromatic heterocycles. The van der Waals surface area contributed by atoms with Gasteiger partial charge in [0, 0.05) is 22.8 Å². The number of nitrogen functional groups attached to an aromatic ring is 2. The number of nitrogens with one attached hydrogen (secondary N) is 2. The molecule has 0 aliphatic rings. The summed E-state index contributed by atoms with van der Waals surface area (Å²) in [6.45, 7) is 0. The smallest absolute Gasteiger partial charge is 0.267 e. The number of hydrogen-bond donors (Lipinski definition) is 4. The number of benzene rings is 1. The molecular weight excluding hydrogens is 180 g/mol. The van der Waals surface area contributed by atoms with Crippen LogP contribution in [0.2, 0.25) is 0 Å². The van der Waals surface area contributed by atoms with Crippen LogP contribution in [0.1, 0.15) is 10.4 Å².